The molecule has 0 amide bonds. The van der Waals surface area contributed by atoms with Crippen molar-refractivity contribution in [1.29, 1.82) is 0 Å². The van der Waals surface area contributed by atoms with Crippen LogP contribution in [0, 0.1) is 0 Å². The molecule has 0 aromatic heterocycles. The first kappa shape index (κ1) is 13.4. The Morgan fingerprint density at radius 3 is 1.53 bits per heavy atom. The van der Waals surface area contributed by atoms with Crippen molar-refractivity contribution < 1.29 is 14.2 Å². The third-order valence-corrected chi connectivity index (χ3v) is 2.90. The second-order valence-electron chi connectivity index (χ2n) is 4.12. The summed E-state index contributed by atoms with van der Waals surface area (Å²) in [7, 11) is 3.33. The smallest absolute Gasteiger partial charge is 0.124 e. The third-order valence-electron chi connectivity index (χ3n) is 2.90. The maximum absolute atomic E-state index is 5.73. The van der Waals surface area contributed by atoms with E-state index >= 15 is 0 Å². The third kappa shape index (κ3) is 3.48. The summed E-state index contributed by atoms with van der Waals surface area (Å²) in [5.74, 6) is 1.70. The molecule has 2 aromatic carbocycles. The fraction of sp³-hybridized carbons (Fsp3) is 0.250. The Labute approximate surface area is 113 Å². The summed E-state index contributed by atoms with van der Waals surface area (Å²) in [5.41, 5.74) is 2.08. The lowest BCUT2D eigenvalue weighted by molar-refractivity contribution is 0.103. The zero-order valence-corrected chi connectivity index (χ0v) is 11.3. The van der Waals surface area contributed by atoms with Gasteiger partial charge >= 0.3 is 0 Å². The van der Waals surface area contributed by atoms with Gasteiger partial charge in [0.1, 0.15) is 11.5 Å². The minimum Gasteiger partial charge on any atom is -0.496 e. The van der Waals surface area contributed by atoms with E-state index in [9.17, 15) is 0 Å². The van der Waals surface area contributed by atoms with Crippen LogP contribution in [0.4, 0.5) is 0 Å². The van der Waals surface area contributed by atoms with Gasteiger partial charge in [-0.25, -0.2) is 0 Å². The Morgan fingerprint density at radius 2 is 1.11 bits per heavy atom. The molecule has 0 bridgehead atoms. The van der Waals surface area contributed by atoms with Crippen molar-refractivity contribution in [3.8, 4) is 11.5 Å². The highest BCUT2D eigenvalue weighted by Gasteiger charge is 2.04. The molecule has 100 valence electrons. The first-order valence-electron chi connectivity index (χ1n) is 6.16. The van der Waals surface area contributed by atoms with Gasteiger partial charge in [0.2, 0.25) is 0 Å². The van der Waals surface area contributed by atoms with Crippen LogP contribution in [0.3, 0.4) is 0 Å². The molecule has 0 fully saturated rings. The van der Waals surface area contributed by atoms with Crippen LogP contribution in [0.5, 0.6) is 11.5 Å². The van der Waals surface area contributed by atoms with Gasteiger partial charge in [-0.05, 0) is 12.1 Å². The monoisotopic (exact) mass is 258 g/mol. The Morgan fingerprint density at radius 1 is 0.684 bits per heavy atom. The average molecular weight is 258 g/mol. The highest BCUT2D eigenvalue weighted by atomic mass is 16.5. The molecule has 2 rings (SSSR count). The van der Waals surface area contributed by atoms with Gasteiger partial charge in [0.15, 0.2) is 0 Å². The van der Waals surface area contributed by atoms with Crippen molar-refractivity contribution >= 4 is 0 Å². The fourth-order valence-electron chi connectivity index (χ4n) is 1.92. The highest BCUT2D eigenvalue weighted by molar-refractivity contribution is 5.34. The largest absolute Gasteiger partial charge is 0.496 e. The van der Waals surface area contributed by atoms with Gasteiger partial charge < -0.3 is 14.2 Å². The van der Waals surface area contributed by atoms with Gasteiger partial charge in [-0.2, -0.15) is 0 Å². The van der Waals surface area contributed by atoms with Crippen LogP contribution in [0.1, 0.15) is 11.1 Å². The zero-order chi connectivity index (χ0) is 13.5. The van der Waals surface area contributed by atoms with Gasteiger partial charge in [0.25, 0.3) is 0 Å². The van der Waals surface area contributed by atoms with E-state index in [1.54, 1.807) is 14.2 Å². The highest BCUT2D eigenvalue weighted by Crippen LogP contribution is 2.21. The molecule has 0 saturated carbocycles. The topological polar surface area (TPSA) is 27.7 Å². The van der Waals surface area contributed by atoms with Gasteiger partial charge in [0.05, 0.1) is 27.4 Å². The molecule has 2 aromatic rings. The van der Waals surface area contributed by atoms with Crippen LogP contribution < -0.4 is 9.47 Å². The lowest BCUT2D eigenvalue weighted by atomic mass is 10.2. The zero-order valence-electron chi connectivity index (χ0n) is 11.3. The minimum atomic E-state index is 0.516. The van der Waals surface area contributed by atoms with E-state index in [0.717, 1.165) is 22.6 Å². The summed E-state index contributed by atoms with van der Waals surface area (Å²) >= 11 is 0. The molecule has 3 nitrogen and oxygen atoms in total. The average Bonchev–Trinajstić information content (AvgIpc) is 2.48. The first-order valence-corrected chi connectivity index (χ1v) is 6.16. The number of ether oxygens (including phenoxy) is 3. The molecule has 0 radical (unpaired) electrons. The maximum Gasteiger partial charge on any atom is 0.124 e. The van der Waals surface area contributed by atoms with E-state index < -0.39 is 0 Å². The second-order valence-corrected chi connectivity index (χ2v) is 4.12. The van der Waals surface area contributed by atoms with E-state index in [2.05, 4.69) is 0 Å². The Balaban J connectivity index is 1.96. The van der Waals surface area contributed by atoms with Crippen LogP contribution in [0.25, 0.3) is 0 Å². The van der Waals surface area contributed by atoms with Crippen molar-refractivity contribution in [2.45, 2.75) is 13.2 Å². The summed E-state index contributed by atoms with van der Waals surface area (Å²) < 4.78 is 16.3. The summed E-state index contributed by atoms with van der Waals surface area (Å²) in [6, 6.07) is 15.7. The quantitative estimate of drug-likeness (QED) is 0.794. The van der Waals surface area contributed by atoms with Crippen LogP contribution in [0.15, 0.2) is 48.5 Å². The lowest BCUT2D eigenvalue weighted by Gasteiger charge is -2.11. The van der Waals surface area contributed by atoms with Crippen molar-refractivity contribution in [3.63, 3.8) is 0 Å². The number of benzene rings is 2. The Kier molecular flexibility index (Phi) is 4.81. The molecule has 0 aliphatic heterocycles. The summed E-state index contributed by atoms with van der Waals surface area (Å²) in [6.07, 6.45) is 0. The van der Waals surface area contributed by atoms with E-state index in [1.807, 2.05) is 48.5 Å². The second kappa shape index (κ2) is 6.81. The van der Waals surface area contributed by atoms with E-state index in [0.29, 0.717) is 13.2 Å². The molecule has 3 heteroatoms. The van der Waals surface area contributed by atoms with Gasteiger partial charge in [-0.15, -0.1) is 0 Å². The molecule has 0 heterocycles. The Bertz CT molecular complexity index is 475. The molecule has 0 atom stereocenters. The van der Waals surface area contributed by atoms with Crippen LogP contribution in [-0.2, 0) is 18.0 Å². The molecular formula is C16H18O3. The fourth-order valence-corrected chi connectivity index (χ4v) is 1.92. The molecule has 19 heavy (non-hydrogen) atoms. The predicted molar refractivity (Wildman–Crippen MR) is 74.5 cm³/mol. The molecule has 0 saturated heterocycles. The molecule has 0 aliphatic rings. The van der Waals surface area contributed by atoms with Crippen molar-refractivity contribution in [1.82, 2.24) is 0 Å². The van der Waals surface area contributed by atoms with E-state index in [1.165, 1.54) is 0 Å². The lowest BCUT2D eigenvalue weighted by Crippen LogP contribution is -1.98. The molecule has 0 aliphatic carbocycles. The summed E-state index contributed by atoms with van der Waals surface area (Å²) in [5, 5.41) is 0. The summed E-state index contributed by atoms with van der Waals surface area (Å²) in [6.45, 7) is 1.03. The normalized spacial score (nSPS) is 10.2. The molecule has 0 unspecified atom stereocenters. The molecule has 0 N–H and O–H groups in total. The number of hydrogen-bond acceptors (Lipinski definition) is 3. The van der Waals surface area contributed by atoms with Crippen LogP contribution in [-0.4, -0.2) is 14.2 Å². The van der Waals surface area contributed by atoms with Gasteiger partial charge in [-0.1, -0.05) is 36.4 Å². The van der Waals surface area contributed by atoms with Crippen molar-refractivity contribution in [2.24, 2.45) is 0 Å². The standard InChI is InChI=1S/C16H18O3/c1-17-15-9-5-3-7-13(15)11-19-12-14-8-4-6-10-16(14)18-2/h3-10H,11-12H2,1-2H3. The number of hydrogen-bond donors (Lipinski definition) is 0. The minimum absolute atomic E-state index is 0.516. The number of para-hydroxylation sites is 2. The van der Waals surface area contributed by atoms with Crippen LogP contribution in [0.2, 0.25) is 0 Å². The first-order chi connectivity index (χ1) is 9.35. The SMILES string of the molecule is COc1ccccc1COCc1ccccc1OC. The Hall–Kier alpha value is -2.00. The van der Waals surface area contributed by atoms with E-state index in [-0.39, 0.29) is 0 Å². The van der Waals surface area contributed by atoms with Gasteiger partial charge in [0, 0.05) is 11.1 Å². The van der Waals surface area contributed by atoms with E-state index in [4.69, 9.17) is 14.2 Å². The molecular weight excluding hydrogens is 240 g/mol. The maximum atomic E-state index is 5.73. The van der Waals surface area contributed by atoms with Gasteiger partial charge in [-0.3, -0.25) is 0 Å². The molecule has 0 spiro atoms. The number of methoxy groups -OCH3 is 2. The van der Waals surface area contributed by atoms with Crippen molar-refractivity contribution in [3.05, 3.63) is 59.7 Å². The number of rotatable bonds is 6. The summed E-state index contributed by atoms with van der Waals surface area (Å²) in [4.78, 5) is 0. The van der Waals surface area contributed by atoms with Crippen LogP contribution >= 0.6 is 0 Å². The van der Waals surface area contributed by atoms with Crippen molar-refractivity contribution in [2.75, 3.05) is 14.2 Å². The predicted octanol–water partition coefficient (Wildman–Crippen LogP) is 3.42.